The maximum atomic E-state index is 5.95. The first-order chi connectivity index (χ1) is 8.46. The number of aryl methyl sites for hydroxylation is 1. The van der Waals surface area contributed by atoms with Crippen molar-refractivity contribution in [2.24, 2.45) is 12.8 Å². The Morgan fingerprint density at radius 1 is 1.39 bits per heavy atom. The molecule has 0 aliphatic heterocycles. The summed E-state index contributed by atoms with van der Waals surface area (Å²) in [6.07, 6.45) is 8.16. The largest absolute Gasteiger partial charge is 0.334 e. The molecule has 0 saturated heterocycles. The van der Waals surface area contributed by atoms with Crippen molar-refractivity contribution < 1.29 is 0 Å². The molecule has 0 fully saturated rings. The molecule has 2 rings (SSSR count). The van der Waals surface area contributed by atoms with Crippen LogP contribution < -0.4 is 5.73 Å². The zero-order valence-electron chi connectivity index (χ0n) is 11.4. The van der Waals surface area contributed by atoms with Crippen molar-refractivity contribution in [3.8, 4) is 0 Å². The van der Waals surface area contributed by atoms with E-state index in [0.717, 1.165) is 23.9 Å². The molecule has 0 saturated carbocycles. The van der Waals surface area contributed by atoms with Crippen LogP contribution in [-0.4, -0.2) is 15.1 Å². The van der Waals surface area contributed by atoms with Gasteiger partial charge in [0.2, 0.25) is 0 Å². The van der Waals surface area contributed by atoms with Gasteiger partial charge in [-0.05, 0) is 44.4 Å². The van der Waals surface area contributed by atoms with E-state index < -0.39 is 0 Å². The Kier molecular flexibility index (Phi) is 3.53. The molecule has 0 aliphatic carbocycles. The Morgan fingerprint density at radius 2 is 2.17 bits per heavy atom. The van der Waals surface area contributed by atoms with Gasteiger partial charge < -0.3 is 10.3 Å². The summed E-state index contributed by atoms with van der Waals surface area (Å²) in [5, 5.41) is 0. The highest BCUT2D eigenvalue weighted by Crippen LogP contribution is 2.15. The van der Waals surface area contributed by atoms with Crippen molar-refractivity contribution in [3.05, 3.63) is 36.2 Å². The number of aromatic nitrogens is 2. The van der Waals surface area contributed by atoms with Crippen LogP contribution in [0.4, 0.5) is 0 Å². The van der Waals surface area contributed by atoms with E-state index in [1.807, 2.05) is 17.9 Å². The molecule has 1 heterocycles. The standard InChI is InChI=1S/C15H21N3/c1-15(2,16)9-5-4-6-12-7-8-14-13(10-12)17-11-18(14)3/h4,6-8,10-11H,5,9,16H2,1-3H3/b6-4+. The molecule has 18 heavy (non-hydrogen) atoms. The summed E-state index contributed by atoms with van der Waals surface area (Å²) in [4.78, 5) is 4.36. The lowest BCUT2D eigenvalue weighted by molar-refractivity contribution is 0.482. The van der Waals surface area contributed by atoms with Crippen molar-refractivity contribution in [3.63, 3.8) is 0 Å². The van der Waals surface area contributed by atoms with E-state index in [9.17, 15) is 0 Å². The molecule has 3 heteroatoms. The number of allylic oxidation sites excluding steroid dienone is 1. The number of nitrogens with two attached hydrogens (primary N) is 1. The average molecular weight is 243 g/mol. The maximum Gasteiger partial charge on any atom is 0.0955 e. The number of nitrogens with zero attached hydrogens (tertiary/aromatic N) is 2. The number of benzene rings is 1. The SMILES string of the molecule is Cn1cnc2cc(/C=C/CCC(C)(C)N)ccc21. The molecule has 3 nitrogen and oxygen atoms in total. The topological polar surface area (TPSA) is 43.8 Å². The molecule has 2 aromatic rings. The second kappa shape index (κ2) is 4.94. The summed E-state index contributed by atoms with van der Waals surface area (Å²) in [7, 11) is 2.01. The lowest BCUT2D eigenvalue weighted by Crippen LogP contribution is -2.31. The van der Waals surface area contributed by atoms with E-state index in [1.54, 1.807) is 0 Å². The van der Waals surface area contributed by atoms with Crippen molar-refractivity contribution in [2.75, 3.05) is 0 Å². The van der Waals surface area contributed by atoms with Gasteiger partial charge in [-0.3, -0.25) is 0 Å². The minimum absolute atomic E-state index is 0.0880. The van der Waals surface area contributed by atoms with Crippen LogP contribution in [0.2, 0.25) is 0 Å². The van der Waals surface area contributed by atoms with Gasteiger partial charge in [0.15, 0.2) is 0 Å². The fourth-order valence-corrected chi connectivity index (χ4v) is 1.93. The molecule has 0 bridgehead atoms. The third-order valence-corrected chi connectivity index (χ3v) is 3.02. The van der Waals surface area contributed by atoms with Gasteiger partial charge in [-0.25, -0.2) is 4.98 Å². The van der Waals surface area contributed by atoms with Gasteiger partial charge in [-0.1, -0.05) is 18.2 Å². The average Bonchev–Trinajstić information content (AvgIpc) is 2.65. The highest BCUT2D eigenvalue weighted by molar-refractivity contribution is 5.78. The van der Waals surface area contributed by atoms with Gasteiger partial charge in [-0.15, -0.1) is 0 Å². The summed E-state index contributed by atoms with van der Waals surface area (Å²) in [5.41, 5.74) is 9.25. The summed E-state index contributed by atoms with van der Waals surface area (Å²) in [6, 6.07) is 6.34. The molecule has 0 aliphatic rings. The van der Waals surface area contributed by atoms with Gasteiger partial charge in [0.05, 0.1) is 17.4 Å². The zero-order chi connectivity index (χ0) is 13.2. The molecule has 96 valence electrons. The van der Waals surface area contributed by atoms with Gasteiger partial charge >= 0.3 is 0 Å². The predicted molar refractivity (Wildman–Crippen MR) is 77.2 cm³/mol. The van der Waals surface area contributed by atoms with Gasteiger partial charge in [0.25, 0.3) is 0 Å². The summed E-state index contributed by atoms with van der Waals surface area (Å²) < 4.78 is 2.03. The highest BCUT2D eigenvalue weighted by atomic mass is 15.0. The van der Waals surface area contributed by atoms with Crippen LogP contribution in [0.5, 0.6) is 0 Å². The Balaban J connectivity index is 2.05. The van der Waals surface area contributed by atoms with E-state index in [2.05, 4.69) is 49.2 Å². The zero-order valence-corrected chi connectivity index (χ0v) is 11.4. The minimum Gasteiger partial charge on any atom is -0.334 e. The van der Waals surface area contributed by atoms with Crippen LogP contribution in [0.3, 0.4) is 0 Å². The van der Waals surface area contributed by atoms with Gasteiger partial charge in [-0.2, -0.15) is 0 Å². The van der Waals surface area contributed by atoms with E-state index in [-0.39, 0.29) is 5.54 Å². The van der Waals surface area contributed by atoms with E-state index in [1.165, 1.54) is 5.56 Å². The normalized spacial score (nSPS) is 12.7. The van der Waals surface area contributed by atoms with Crippen LogP contribution in [0.15, 0.2) is 30.6 Å². The van der Waals surface area contributed by atoms with E-state index >= 15 is 0 Å². The summed E-state index contributed by atoms with van der Waals surface area (Å²) in [6.45, 7) is 4.11. The number of imidazole rings is 1. The van der Waals surface area contributed by atoms with Crippen LogP contribution >= 0.6 is 0 Å². The number of hydrogen-bond donors (Lipinski definition) is 1. The first-order valence-corrected chi connectivity index (χ1v) is 6.32. The Morgan fingerprint density at radius 3 is 2.89 bits per heavy atom. The fraction of sp³-hybridized carbons (Fsp3) is 0.400. The first kappa shape index (κ1) is 12.8. The summed E-state index contributed by atoms with van der Waals surface area (Å²) >= 11 is 0. The number of rotatable bonds is 4. The Labute approximate surface area is 108 Å². The minimum atomic E-state index is -0.0880. The smallest absolute Gasteiger partial charge is 0.0955 e. The van der Waals surface area contributed by atoms with Crippen molar-refractivity contribution >= 4 is 17.1 Å². The monoisotopic (exact) mass is 243 g/mol. The van der Waals surface area contributed by atoms with Gasteiger partial charge in [0.1, 0.15) is 0 Å². The third-order valence-electron chi connectivity index (χ3n) is 3.02. The molecule has 0 unspecified atom stereocenters. The second-order valence-corrected chi connectivity index (χ2v) is 5.53. The van der Waals surface area contributed by atoms with Crippen LogP contribution in [0.25, 0.3) is 17.1 Å². The van der Waals surface area contributed by atoms with Crippen LogP contribution in [-0.2, 0) is 7.05 Å². The van der Waals surface area contributed by atoms with Crippen molar-refractivity contribution in [2.45, 2.75) is 32.2 Å². The van der Waals surface area contributed by atoms with Crippen LogP contribution in [0, 0.1) is 0 Å². The molecule has 1 aromatic carbocycles. The van der Waals surface area contributed by atoms with E-state index in [4.69, 9.17) is 5.73 Å². The molecule has 0 spiro atoms. The number of hydrogen-bond acceptors (Lipinski definition) is 2. The Bertz CT molecular complexity index is 559. The highest BCUT2D eigenvalue weighted by Gasteiger charge is 2.07. The Hall–Kier alpha value is -1.61. The predicted octanol–water partition coefficient (Wildman–Crippen LogP) is 3.10. The molecule has 0 atom stereocenters. The van der Waals surface area contributed by atoms with Crippen molar-refractivity contribution in [1.29, 1.82) is 0 Å². The fourth-order valence-electron chi connectivity index (χ4n) is 1.93. The van der Waals surface area contributed by atoms with Gasteiger partial charge in [0, 0.05) is 12.6 Å². The van der Waals surface area contributed by atoms with Crippen molar-refractivity contribution in [1.82, 2.24) is 9.55 Å². The molecule has 0 amide bonds. The first-order valence-electron chi connectivity index (χ1n) is 6.32. The lowest BCUT2D eigenvalue weighted by atomic mass is 10.00. The summed E-state index contributed by atoms with van der Waals surface area (Å²) in [5.74, 6) is 0. The molecule has 0 radical (unpaired) electrons. The second-order valence-electron chi connectivity index (χ2n) is 5.53. The number of fused-ring (bicyclic) bond motifs is 1. The lowest BCUT2D eigenvalue weighted by Gasteiger charge is -2.16. The molecular weight excluding hydrogens is 222 g/mol. The molecule has 1 aromatic heterocycles. The van der Waals surface area contributed by atoms with Crippen LogP contribution in [0.1, 0.15) is 32.3 Å². The maximum absolute atomic E-state index is 5.95. The van der Waals surface area contributed by atoms with E-state index in [0.29, 0.717) is 0 Å². The quantitative estimate of drug-likeness (QED) is 0.896. The molecule has 2 N–H and O–H groups in total. The molecular formula is C15H21N3. The third kappa shape index (κ3) is 3.20.